The van der Waals surface area contributed by atoms with Crippen LogP contribution in [0, 0.1) is 5.82 Å². The molecule has 1 aliphatic heterocycles. The average molecular weight is 346 g/mol. The highest BCUT2D eigenvalue weighted by Crippen LogP contribution is 2.24. The Hall–Kier alpha value is -1.37. The van der Waals surface area contributed by atoms with E-state index >= 15 is 0 Å². The van der Waals surface area contributed by atoms with E-state index in [0.29, 0.717) is 30.0 Å². The Kier molecular flexibility index (Phi) is 5.26. The van der Waals surface area contributed by atoms with E-state index in [9.17, 15) is 12.8 Å². The van der Waals surface area contributed by atoms with Crippen molar-refractivity contribution in [3.05, 3.63) is 48.0 Å². The van der Waals surface area contributed by atoms with Crippen LogP contribution in [0.3, 0.4) is 0 Å². The number of rotatable bonds is 4. The molecule has 0 radical (unpaired) electrons. The molecule has 22 heavy (non-hydrogen) atoms. The molecule has 1 unspecified atom stereocenters. The van der Waals surface area contributed by atoms with E-state index < -0.39 is 9.84 Å². The maximum atomic E-state index is 13.7. The molecule has 1 aromatic carbocycles. The van der Waals surface area contributed by atoms with Crippen LogP contribution in [0.4, 0.5) is 4.39 Å². The van der Waals surface area contributed by atoms with Crippen LogP contribution in [0.15, 0.2) is 40.8 Å². The Balaban J connectivity index is 0.00000176. The molecule has 2 aromatic rings. The minimum absolute atomic E-state index is 0. The molecule has 1 aliphatic rings. The van der Waals surface area contributed by atoms with Gasteiger partial charge in [-0.05, 0) is 30.7 Å². The molecule has 0 amide bonds. The number of furan rings is 1. The van der Waals surface area contributed by atoms with Crippen LogP contribution < -0.4 is 5.32 Å². The van der Waals surface area contributed by atoms with Crippen LogP contribution in [0.2, 0.25) is 0 Å². The molecule has 3 rings (SSSR count). The van der Waals surface area contributed by atoms with Gasteiger partial charge in [-0.2, -0.15) is 0 Å². The summed E-state index contributed by atoms with van der Waals surface area (Å²) in [6.07, 6.45) is 0.628. The molecule has 2 heterocycles. The molecule has 0 aliphatic carbocycles. The summed E-state index contributed by atoms with van der Waals surface area (Å²) in [5.74, 6) is 1.23. The fourth-order valence-electron chi connectivity index (χ4n) is 2.48. The predicted molar refractivity (Wildman–Crippen MR) is 85.2 cm³/mol. The van der Waals surface area contributed by atoms with E-state index in [1.807, 2.05) is 0 Å². The molecule has 7 heteroatoms. The summed E-state index contributed by atoms with van der Waals surface area (Å²) in [5, 5.41) is 3.17. The van der Waals surface area contributed by atoms with Crippen molar-refractivity contribution in [1.82, 2.24) is 5.32 Å². The van der Waals surface area contributed by atoms with E-state index in [-0.39, 0.29) is 35.8 Å². The largest absolute Gasteiger partial charge is 0.460 e. The van der Waals surface area contributed by atoms with Gasteiger partial charge in [0.2, 0.25) is 0 Å². The summed E-state index contributed by atoms with van der Waals surface area (Å²) in [6, 6.07) is 9.90. The predicted octanol–water partition coefficient (Wildman–Crippen LogP) is 2.78. The standard InChI is InChI=1S/C15H16FNO3S.ClH/c16-14-4-2-1-3-13(14)15-6-5-12(20-15)9-17-11-7-8-21(18,19)10-11;/h1-6,11,17H,7-10H2;1H. The molecule has 1 N–H and O–H groups in total. The quantitative estimate of drug-likeness (QED) is 0.925. The lowest BCUT2D eigenvalue weighted by atomic mass is 10.1. The SMILES string of the molecule is Cl.O=S1(=O)CCC(NCc2ccc(-c3ccccc3F)o2)C1. The molecule has 0 saturated carbocycles. The first kappa shape index (κ1) is 17.0. The first-order chi connectivity index (χ1) is 10.0. The van der Waals surface area contributed by atoms with Crippen molar-refractivity contribution in [1.29, 1.82) is 0 Å². The lowest BCUT2D eigenvalue weighted by Crippen LogP contribution is -2.29. The number of halogens is 2. The van der Waals surface area contributed by atoms with Gasteiger partial charge in [0.1, 0.15) is 17.3 Å². The molecule has 1 saturated heterocycles. The molecule has 120 valence electrons. The number of benzene rings is 1. The van der Waals surface area contributed by atoms with Crippen molar-refractivity contribution in [2.75, 3.05) is 11.5 Å². The zero-order valence-corrected chi connectivity index (χ0v) is 13.4. The summed E-state index contributed by atoms with van der Waals surface area (Å²) in [7, 11) is -2.89. The van der Waals surface area contributed by atoms with Gasteiger partial charge < -0.3 is 9.73 Å². The zero-order valence-electron chi connectivity index (χ0n) is 11.8. The van der Waals surface area contributed by atoms with Crippen LogP contribution in [-0.2, 0) is 16.4 Å². The van der Waals surface area contributed by atoms with Crippen molar-refractivity contribution in [3.63, 3.8) is 0 Å². The highest BCUT2D eigenvalue weighted by atomic mass is 35.5. The molecule has 0 bridgehead atoms. The normalized spacial score (nSPS) is 19.8. The second kappa shape index (κ2) is 6.81. The Morgan fingerprint density at radius 3 is 2.68 bits per heavy atom. The van der Waals surface area contributed by atoms with Gasteiger partial charge in [-0.25, -0.2) is 12.8 Å². The second-order valence-electron chi connectivity index (χ2n) is 5.23. The highest BCUT2D eigenvalue weighted by molar-refractivity contribution is 7.91. The van der Waals surface area contributed by atoms with Crippen LogP contribution in [-0.4, -0.2) is 26.0 Å². The molecule has 4 nitrogen and oxygen atoms in total. The van der Waals surface area contributed by atoms with Crippen LogP contribution in [0.1, 0.15) is 12.2 Å². The molecule has 0 spiro atoms. The lowest BCUT2D eigenvalue weighted by Gasteiger charge is -2.08. The van der Waals surface area contributed by atoms with Crippen molar-refractivity contribution < 1.29 is 17.2 Å². The van der Waals surface area contributed by atoms with Gasteiger partial charge in [0.25, 0.3) is 0 Å². The van der Waals surface area contributed by atoms with Gasteiger partial charge in [0.05, 0.1) is 23.6 Å². The highest BCUT2D eigenvalue weighted by Gasteiger charge is 2.27. The minimum Gasteiger partial charge on any atom is -0.460 e. The van der Waals surface area contributed by atoms with Crippen molar-refractivity contribution >= 4 is 22.2 Å². The molecule has 1 atom stereocenters. The molecular weight excluding hydrogens is 329 g/mol. The number of hydrogen-bond donors (Lipinski definition) is 1. The number of hydrogen-bond acceptors (Lipinski definition) is 4. The van der Waals surface area contributed by atoms with Gasteiger partial charge in [-0.15, -0.1) is 12.4 Å². The van der Waals surface area contributed by atoms with Crippen LogP contribution in [0.25, 0.3) is 11.3 Å². The maximum absolute atomic E-state index is 13.7. The zero-order chi connectivity index (χ0) is 14.9. The summed E-state index contributed by atoms with van der Waals surface area (Å²) in [5.41, 5.74) is 0.423. The topological polar surface area (TPSA) is 59.3 Å². The average Bonchev–Trinajstić information content (AvgIpc) is 3.03. The number of nitrogens with one attached hydrogen (secondary N) is 1. The third-order valence-electron chi connectivity index (χ3n) is 3.60. The van der Waals surface area contributed by atoms with E-state index in [4.69, 9.17) is 4.42 Å². The summed E-state index contributed by atoms with van der Waals surface area (Å²) in [6.45, 7) is 0.439. The second-order valence-corrected chi connectivity index (χ2v) is 7.46. The van der Waals surface area contributed by atoms with Crippen molar-refractivity contribution in [2.24, 2.45) is 0 Å². The summed E-state index contributed by atoms with van der Waals surface area (Å²) in [4.78, 5) is 0. The Morgan fingerprint density at radius 1 is 1.23 bits per heavy atom. The molecule has 1 fully saturated rings. The lowest BCUT2D eigenvalue weighted by molar-refractivity contribution is 0.462. The van der Waals surface area contributed by atoms with Crippen LogP contribution in [0.5, 0.6) is 0 Å². The third-order valence-corrected chi connectivity index (χ3v) is 5.37. The van der Waals surface area contributed by atoms with E-state index in [1.165, 1.54) is 6.07 Å². The van der Waals surface area contributed by atoms with Gasteiger partial charge in [0, 0.05) is 6.04 Å². The van der Waals surface area contributed by atoms with Crippen molar-refractivity contribution in [3.8, 4) is 11.3 Å². The van der Waals surface area contributed by atoms with Gasteiger partial charge in [-0.3, -0.25) is 0 Å². The van der Waals surface area contributed by atoms with Gasteiger partial charge >= 0.3 is 0 Å². The fourth-order valence-corrected chi connectivity index (χ4v) is 4.19. The Morgan fingerprint density at radius 2 is 2.00 bits per heavy atom. The Labute approximate surface area is 135 Å². The summed E-state index contributed by atoms with van der Waals surface area (Å²) >= 11 is 0. The van der Waals surface area contributed by atoms with E-state index in [0.717, 1.165) is 0 Å². The Bertz CT molecular complexity index is 745. The third kappa shape index (κ3) is 3.88. The number of sulfone groups is 1. The minimum atomic E-state index is -2.89. The molecular formula is C15H17ClFNO3S. The monoisotopic (exact) mass is 345 g/mol. The fraction of sp³-hybridized carbons (Fsp3) is 0.333. The van der Waals surface area contributed by atoms with E-state index in [1.54, 1.807) is 30.3 Å². The summed E-state index contributed by atoms with van der Waals surface area (Å²) < 4.78 is 42.0. The first-order valence-electron chi connectivity index (χ1n) is 6.81. The smallest absolute Gasteiger partial charge is 0.151 e. The maximum Gasteiger partial charge on any atom is 0.151 e. The van der Waals surface area contributed by atoms with Crippen LogP contribution >= 0.6 is 12.4 Å². The van der Waals surface area contributed by atoms with Crippen molar-refractivity contribution in [2.45, 2.75) is 19.0 Å². The molecule has 1 aromatic heterocycles. The van der Waals surface area contributed by atoms with Gasteiger partial charge in [-0.1, -0.05) is 12.1 Å². The first-order valence-corrected chi connectivity index (χ1v) is 8.63. The van der Waals surface area contributed by atoms with E-state index in [2.05, 4.69) is 5.32 Å². The van der Waals surface area contributed by atoms with Gasteiger partial charge in [0.15, 0.2) is 9.84 Å².